The van der Waals surface area contributed by atoms with Crippen LogP contribution in [0.25, 0.3) is 0 Å². The van der Waals surface area contributed by atoms with Crippen LogP contribution in [-0.4, -0.2) is 35.0 Å². The summed E-state index contributed by atoms with van der Waals surface area (Å²) in [6.07, 6.45) is 6.32. The standard InChI is InChI=1S/C22H38O4/c1-8-11-14(4)20-21(7,26-20)16(6)17(9-2)19(23)18-13-25-22(24,10-3)12-15(18)5/h8,11,14-18,20,24H,9-10,12-13H2,1-7H3/b11-8-/t14-,15?,16-,17+,18?,20+,21?,22?/m0/s1. The summed E-state index contributed by atoms with van der Waals surface area (Å²) < 4.78 is 11.8. The summed E-state index contributed by atoms with van der Waals surface area (Å²) in [4.78, 5) is 13.3. The van der Waals surface area contributed by atoms with E-state index in [9.17, 15) is 9.90 Å². The first-order valence-electron chi connectivity index (χ1n) is 10.3. The van der Waals surface area contributed by atoms with Crippen molar-refractivity contribution >= 4 is 5.78 Å². The van der Waals surface area contributed by atoms with E-state index < -0.39 is 5.79 Å². The fourth-order valence-electron chi connectivity index (χ4n) is 4.84. The molecule has 4 heteroatoms. The second-order valence-electron chi connectivity index (χ2n) is 8.71. The predicted molar refractivity (Wildman–Crippen MR) is 104 cm³/mol. The van der Waals surface area contributed by atoms with E-state index in [0.29, 0.717) is 25.4 Å². The van der Waals surface area contributed by atoms with Gasteiger partial charge in [0.2, 0.25) is 0 Å². The van der Waals surface area contributed by atoms with Crippen molar-refractivity contribution in [1.29, 1.82) is 0 Å². The zero-order chi connectivity index (χ0) is 19.7. The molecule has 2 rings (SSSR count). The summed E-state index contributed by atoms with van der Waals surface area (Å²) in [7, 11) is 0. The van der Waals surface area contributed by atoms with Crippen LogP contribution in [0.1, 0.15) is 67.7 Å². The van der Waals surface area contributed by atoms with Gasteiger partial charge in [0.1, 0.15) is 5.78 Å². The quantitative estimate of drug-likeness (QED) is 0.512. The summed E-state index contributed by atoms with van der Waals surface area (Å²) >= 11 is 0. The van der Waals surface area contributed by atoms with Gasteiger partial charge >= 0.3 is 0 Å². The minimum Gasteiger partial charge on any atom is -0.365 e. The number of carbonyl (C=O) groups excluding carboxylic acids is 1. The van der Waals surface area contributed by atoms with Crippen molar-refractivity contribution in [3.63, 3.8) is 0 Å². The smallest absolute Gasteiger partial charge is 0.165 e. The van der Waals surface area contributed by atoms with E-state index in [1.807, 2.05) is 13.8 Å². The molecule has 2 fully saturated rings. The molecule has 8 atom stereocenters. The number of hydrogen-bond donors (Lipinski definition) is 1. The highest BCUT2D eigenvalue weighted by Gasteiger charge is 2.60. The largest absolute Gasteiger partial charge is 0.365 e. The van der Waals surface area contributed by atoms with Crippen LogP contribution in [0.15, 0.2) is 12.2 Å². The Bertz CT molecular complexity index is 530. The number of Topliss-reactive ketones (excluding diaryl/α,β-unsaturated/α-hetero) is 1. The number of allylic oxidation sites excluding steroid dienone is 1. The van der Waals surface area contributed by atoms with E-state index in [1.165, 1.54) is 0 Å². The van der Waals surface area contributed by atoms with Crippen LogP contribution in [0.2, 0.25) is 0 Å². The Labute approximate surface area is 159 Å². The van der Waals surface area contributed by atoms with Gasteiger partial charge in [0, 0.05) is 24.2 Å². The molecule has 2 aliphatic rings. The van der Waals surface area contributed by atoms with Gasteiger partial charge in [0.05, 0.1) is 18.3 Å². The van der Waals surface area contributed by atoms with Crippen molar-refractivity contribution in [3.05, 3.63) is 12.2 Å². The number of rotatable bonds is 8. The number of epoxide rings is 1. The number of ether oxygens (including phenoxy) is 2. The third-order valence-electron chi connectivity index (χ3n) is 6.95. The molecule has 0 bridgehead atoms. The third-order valence-corrected chi connectivity index (χ3v) is 6.95. The molecule has 2 heterocycles. The molecule has 150 valence electrons. The van der Waals surface area contributed by atoms with Crippen molar-refractivity contribution in [2.75, 3.05) is 6.61 Å². The highest BCUT2D eigenvalue weighted by Crippen LogP contribution is 2.51. The van der Waals surface area contributed by atoms with Gasteiger partial charge in [-0.25, -0.2) is 0 Å². The average Bonchev–Trinajstić information content (AvgIpc) is 3.29. The lowest BCUT2D eigenvalue weighted by Gasteiger charge is -2.41. The molecule has 0 aromatic carbocycles. The Hall–Kier alpha value is -0.710. The van der Waals surface area contributed by atoms with Gasteiger partial charge in [-0.3, -0.25) is 4.79 Å². The van der Waals surface area contributed by atoms with E-state index >= 15 is 0 Å². The van der Waals surface area contributed by atoms with Gasteiger partial charge in [0.15, 0.2) is 5.79 Å². The minimum atomic E-state index is -1.07. The van der Waals surface area contributed by atoms with Gasteiger partial charge in [-0.15, -0.1) is 0 Å². The fraction of sp³-hybridized carbons (Fsp3) is 0.864. The lowest BCUT2D eigenvalue weighted by Crippen LogP contribution is -2.48. The highest BCUT2D eigenvalue weighted by molar-refractivity contribution is 5.84. The Morgan fingerprint density at radius 1 is 1.35 bits per heavy atom. The van der Waals surface area contributed by atoms with E-state index in [1.54, 1.807) is 0 Å². The average molecular weight is 367 g/mol. The molecule has 0 amide bonds. The molecular formula is C22H38O4. The maximum atomic E-state index is 13.3. The van der Waals surface area contributed by atoms with Crippen LogP contribution >= 0.6 is 0 Å². The SMILES string of the molecule is C/C=C\[C@H](C)[C@H]1OC1(C)[C@@H](C)[C@@H](CC)C(=O)C1COC(O)(CC)CC1C. The monoisotopic (exact) mass is 366 g/mol. The summed E-state index contributed by atoms with van der Waals surface area (Å²) in [5.41, 5.74) is -0.238. The van der Waals surface area contributed by atoms with Crippen LogP contribution in [0, 0.1) is 29.6 Å². The van der Waals surface area contributed by atoms with Gasteiger partial charge in [-0.2, -0.15) is 0 Å². The van der Waals surface area contributed by atoms with Crippen molar-refractivity contribution in [2.45, 2.75) is 85.2 Å². The van der Waals surface area contributed by atoms with E-state index in [-0.39, 0.29) is 41.2 Å². The first-order valence-corrected chi connectivity index (χ1v) is 10.3. The summed E-state index contributed by atoms with van der Waals surface area (Å²) in [5, 5.41) is 10.4. The van der Waals surface area contributed by atoms with Gasteiger partial charge < -0.3 is 14.6 Å². The number of hydrogen-bond acceptors (Lipinski definition) is 4. The highest BCUT2D eigenvalue weighted by atomic mass is 16.6. The minimum absolute atomic E-state index is 0.0355. The van der Waals surface area contributed by atoms with Crippen LogP contribution in [-0.2, 0) is 14.3 Å². The topological polar surface area (TPSA) is 59.1 Å². The molecule has 0 saturated carbocycles. The van der Waals surface area contributed by atoms with E-state index in [0.717, 1.165) is 6.42 Å². The first kappa shape index (κ1) is 21.6. The molecule has 0 aromatic heterocycles. The molecule has 1 N–H and O–H groups in total. The molecule has 4 nitrogen and oxygen atoms in total. The van der Waals surface area contributed by atoms with Crippen LogP contribution in [0.5, 0.6) is 0 Å². The summed E-state index contributed by atoms with van der Waals surface area (Å²) in [6, 6.07) is 0. The number of ketones is 1. The molecule has 0 aromatic rings. The Balaban J connectivity index is 2.07. The van der Waals surface area contributed by atoms with Gasteiger partial charge in [0.25, 0.3) is 0 Å². The van der Waals surface area contributed by atoms with Crippen LogP contribution < -0.4 is 0 Å². The molecule has 4 unspecified atom stereocenters. The van der Waals surface area contributed by atoms with E-state index in [2.05, 4.69) is 46.8 Å². The molecular weight excluding hydrogens is 328 g/mol. The normalized spacial score (nSPS) is 41.0. The molecule has 0 radical (unpaired) electrons. The van der Waals surface area contributed by atoms with Crippen molar-refractivity contribution in [1.82, 2.24) is 0 Å². The van der Waals surface area contributed by atoms with E-state index in [4.69, 9.17) is 9.47 Å². The zero-order valence-corrected chi connectivity index (χ0v) is 17.6. The van der Waals surface area contributed by atoms with Crippen molar-refractivity contribution in [2.24, 2.45) is 29.6 Å². The van der Waals surface area contributed by atoms with Crippen molar-refractivity contribution < 1.29 is 19.4 Å². The number of carbonyl (C=O) groups is 1. The third kappa shape index (κ3) is 4.07. The maximum absolute atomic E-state index is 13.3. The van der Waals surface area contributed by atoms with Gasteiger partial charge in [-0.05, 0) is 38.5 Å². The second kappa shape index (κ2) is 8.12. The molecule has 2 saturated heterocycles. The number of aliphatic hydroxyl groups is 1. The van der Waals surface area contributed by atoms with Gasteiger partial charge in [-0.1, -0.05) is 46.8 Å². The first-order chi connectivity index (χ1) is 12.1. The summed E-state index contributed by atoms with van der Waals surface area (Å²) in [5.74, 6) is -0.307. The Kier molecular flexibility index (Phi) is 6.74. The van der Waals surface area contributed by atoms with Crippen LogP contribution in [0.4, 0.5) is 0 Å². The Morgan fingerprint density at radius 2 is 2.00 bits per heavy atom. The van der Waals surface area contributed by atoms with Crippen molar-refractivity contribution in [3.8, 4) is 0 Å². The zero-order valence-electron chi connectivity index (χ0n) is 17.6. The maximum Gasteiger partial charge on any atom is 0.165 e. The lowest BCUT2D eigenvalue weighted by molar-refractivity contribution is -0.247. The summed E-state index contributed by atoms with van der Waals surface area (Å²) in [6.45, 7) is 14.9. The predicted octanol–water partition coefficient (Wildman–Crippen LogP) is 4.36. The molecule has 0 spiro atoms. The molecule has 0 aliphatic carbocycles. The lowest BCUT2D eigenvalue weighted by atomic mass is 9.71. The second-order valence-corrected chi connectivity index (χ2v) is 8.71. The molecule has 2 aliphatic heterocycles. The van der Waals surface area contributed by atoms with Crippen LogP contribution in [0.3, 0.4) is 0 Å². The fourth-order valence-corrected chi connectivity index (χ4v) is 4.84. The molecule has 26 heavy (non-hydrogen) atoms. The Morgan fingerprint density at radius 3 is 2.50 bits per heavy atom.